The predicted octanol–water partition coefficient (Wildman–Crippen LogP) is 0.405. The maximum Gasteiger partial charge on any atom is 0.231 e. The fraction of sp³-hybridized carbons (Fsp3) is 0.769. The maximum absolute atomic E-state index is 9.57. The topological polar surface area (TPSA) is 91.4 Å². The van der Waals surface area contributed by atoms with E-state index in [0.29, 0.717) is 11.9 Å². The van der Waals surface area contributed by atoms with E-state index in [4.69, 9.17) is 5.73 Å². The number of nitrogens with two attached hydrogens (primary N) is 1. The first-order valence-corrected chi connectivity index (χ1v) is 7.42. The van der Waals surface area contributed by atoms with Crippen LogP contribution in [0.4, 0.5) is 17.8 Å². The van der Waals surface area contributed by atoms with E-state index in [-0.39, 0.29) is 12.1 Å². The molecule has 0 atom stereocenters. The second kappa shape index (κ2) is 5.78. The number of piperidine rings is 2. The standard InChI is InChI=1S/C13H22N6O/c14-11-15-12(18-6-2-1-3-7-18)17-13(16-11)19-8-4-10(20)5-9-19/h10,20H,1-9H2,(H2,14,15,16,17). The fourth-order valence-corrected chi connectivity index (χ4v) is 2.81. The third-order valence-electron chi connectivity index (χ3n) is 4.02. The molecule has 1 aromatic heterocycles. The minimum atomic E-state index is -0.202. The van der Waals surface area contributed by atoms with Gasteiger partial charge in [-0.15, -0.1) is 0 Å². The summed E-state index contributed by atoms with van der Waals surface area (Å²) in [5, 5.41) is 9.57. The van der Waals surface area contributed by atoms with Crippen molar-refractivity contribution in [3.63, 3.8) is 0 Å². The monoisotopic (exact) mass is 278 g/mol. The highest BCUT2D eigenvalue weighted by Crippen LogP contribution is 2.21. The van der Waals surface area contributed by atoms with E-state index < -0.39 is 0 Å². The summed E-state index contributed by atoms with van der Waals surface area (Å²) in [6.45, 7) is 3.51. The van der Waals surface area contributed by atoms with Gasteiger partial charge in [-0.2, -0.15) is 15.0 Å². The number of aromatic nitrogens is 3. The Balaban J connectivity index is 1.79. The summed E-state index contributed by atoms with van der Waals surface area (Å²) >= 11 is 0. The van der Waals surface area contributed by atoms with Crippen molar-refractivity contribution in [2.45, 2.75) is 38.2 Å². The summed E-state index contributed by atoms with van der Waals surface area (Å²) in [5.74, 6) is 1.62. The second-order valence-corrected chi connectivity index (χ2v) is 5.56. The summed E-state index contributed by atoms with van der Waals surface area (Å²) in [6, 6.07) is 0. The van der Waals surface area contributed by atoms with Crippen molar-refractivity contribution in [3.8, 4) is 0 Å². The van der Waals surface area contributed by atoms with Gasteiger partial charge in [0.2, 0.25) is 17.8 Å². The van der Waals surface area contributed by atoms with E-state index in [1.807, 2.05) is 0 Å². The Hall–Kier alpha value is -1.63. The number of aliphatic hydroxyl groups excluding tert-OH is 1. The Labute approximate surface area is 118 Å². The number of hydrogen-bond acceptors (Lipinski definition) is 7. The highest BCUT2D eigenvalue weighted by atomic mass is 16.3. The molecule has 0 unspecified atom stereocenters. The molecule has 3 rings (SSSR count). The minimum Gasteiger partial charge on any atom is -0.393 e. The zero-order valence-electron chi connectivity index (χ0n) is 11.7. The molecule has 0 aliphatic carbocycles. The molecule has 0 bridgehead atoms. The second-order valence-electron chi connectivity index (χ2n) is 5.56. The van der Waals surface area contributed by atoms with Crippen LogP contribution in [0.2, 0.25) is 0 Å². The van der Waals surface area contributed by atoms with Gasteiger partial charge in [0, 0.05) is 26.2 Å². The Morgan fingerprint density at radius 2 is 1.40 bits per heavy atom. The van der Waals surface area contributed by atoms with E-state index in [1.165, 1.54) is 19.3 Å². The molecule has 0 radical (unpaired) electrons. The molecule has 0 aromatic carbocycles. The molecule has 20 heavy (non-hydrogen) atoms. The van der Waals surface area contributed by atoms with Crippen molar-refractivity contribution in [3.05, 3.63) is 0 Å². The van der Waals surface area contributed by atoms with Gasteiger partial charge >= 0.3 is 0 Å². The van der Waals surface area contributed by atoms with Crippen molar-refractivity contribution >= 4 is 17.8 Å². The normalized spacial score (nSPS) is 21.2. The Kier molecular flexibility index (Phi) is 3.86. The molecule has 2 aliphatic heterocycles. The minimum absolute atomic E-state index is 0.202. The molecule has 0 saturated carbocycles. The lowest BCUT2D eigenvalue weighted by Gasteiger charge is -2.31. The van der Waals surface area contributed by atoms with E-state index >= 15 is 0 Å². The number of hydrogen-bond donors (Lipinski definition) is 2. The van der Waals surface area contributed by atoms with Gasteiger partial charge in [-0.25, -0.2) is 0 Å². The molecule has 3 heterocycles. The van der Waals surface area contributed by atoms with Crippen molar-refractivity contribution < 1.29 is 5.11 Å². The van der Waals surface area contributed by atoms with Crippen LogP contribution >= 0.6 is 0 Å². The summed E-state index contributed by atoms with van der Waals surface area (Å²) in [4.78, 5) is 17.4. The van der Waals surface area contributed by atoms with Crippen LogP contribution in [0.3, 0.4) is 0 Å². The maximum atomic E-state index is 9.57. The first kappa shape index (κ1) is 13.4. The summed E-state index contributed by atoms with van der Waals surface area (Å²) in [5.41, 5.74) is 5.84. The van der Waals surface area contributed by atoms with Gasteiger partial charge in [0.15, 0.2) is 0 Å². The van der Waals surface area contributed by atoms with Crippen LogP contribution in [0.5, 0.6) is 0 Å². The van der Waals surface area contributed by atoms with Crippen LogP contribution in [0.25, 0.3) is 0 Å². The molecule has 3 N–H and O–H groups in total. The average Bonchev–Trinajstić information content (AvgIpc) is 2.48. The highest BCUT2D eigenvalue weighted by Gasteiger charge is 2.22. The van der Waals surface area contributed by atoms with E-state index in [1.54, 1.807) is 0 Å². The number of rotatable bonds is 2. The zero-order chi connectivity index (χ0) is 13.9. The fourth-order valence-electron chi connectivity index (χ4n) is 2.81. The molecule has 2 aliphatic rings. The number of anilines is 3. The van der Waals surface area contributed by atoms with Gasteiger partial charge in [0.05, 0.1) is 6.10 Å². The van der Waals surface area contributed by atoms with Crippen LogP contribution in [0.15, 0.2) is 0 Å². The van der Waals surface area contributed by atoms with Crippen LogP contribution in [0, 0.1) is 0 Å². The summed E-state index contributed by atoms with van der Waals surface area (Å²) in [6.07, 6.45) is 4.93. The third kappa shape index (κ3) is 2.92. The highest BCUT2D eigenvalue weighted by molar-refractivity contribution is 5.44. The molecular weight excluding hydrogens is 256 g/mol. The lowest BCUT2D eigenvalue weighted by atomic mass is 10.1. The number of nitrogens with zero attached hydrogens (tertiary/aromatic N) is 5. The molecular formula is C13H22N6O. The average molecular weight is 278 g/mol. The van der Waals surface area contributed by atoms with Crippen LogP contribution in [0.1, 0.15) is 32.1 Å². The van der Waals surface area contributed by atoms with Crippen LogP contribution in [-0.4, -0.2) is 52.3 Å². The predicted molar refractivity (Wildman–Crippen MR) is 77.8 cm³/mol. The Morgan fingerprint density at radius 1 is 0.850 bits per heavy atom. The molecule has 7 nitrogen and oxygen atoms in total. The van der Waals surface area contributed by atoms with Gasteiger partial charge in [-0.3, -0.25) is 0 Å². The number of nitrogen functional groups attached to an aromatic ring is 1. The Bertz CT molecular complexity index is 454. The molecule has 1 aromatic rings. The molecule has 7 heteroatoms. The van der Waals surface area contributed by atoms with E-state index in [9.17, 15) is 5.11 Å². The lowest BCUT2D eigenvalue weighted by molar-refractivity contribution is 0.145. The molecule has 0 spiro atoms. The zero-order valence-corrected chi connectivity index (χ0v) is 11.7. The van der Waals surface area contributed by atoms with Gasteiger partial charge in [0.1, 0.15) is 0 Å². The van der Waals surface area contributed by atoms with Crippen molar-refractivity contribution in [1.29, 1.82) is 0 Å². The van der Waals surface area contributed by atoms with Gasteiger partial charge < -0.3 is 20.6 Å². The van der Waals surface area contributed by atoms with Gasteiger partial charge in [-0.05, 0) is 32.1 Å². The van der Waals surface area contributed by atoms with Crippen molar-refractivity contribution in [2.75, 3.05) is 41.7 Å². The van der Waals surface area contributed by atoms with Gasteiger partial charge in [-0.1, -0.05) is 0 Å². The molecule has 110 valence electrons. The Morgan fingerprint density at radius 3 is 2.00 bits per heavy atom. The third-order valence-corrected chi connectivity index (χ3v) is 4.02. The summed E-state index contributed by atoms with van der Waals surface area (Å²) < 4.78 is 0. The largest absolute Gasteiger partial charge is 0.393 e. The molecule has 2 saturated heterocycles. The summed E-state index contributed by atoms with van der Waals surface area (Å²) in [7, 11) is 0. The van der Waals surface area contributed by atoms with Crippen LogP contribution in [-0.2, 0) is 0 Å². The smallest absolute Gasteiger partial charge is 0.231 e. The van der Waals surface area contributed by atoms with E-state index in [2.05, 4.69) is 24.8 Å². The van der Waals surface area contributed by atoms with Gasteiger partial charge in [0.25, 0.3) is 0 Å². The first-order valence-electron chi connectivity index (χ1n) is 7.42. The lowest BCUT2D eigenvalue weighted by Crippen LogP contribution is -2.38. The SMILES string of the molecule is Nc1nc(N2CCCCC2)nc(N2CCC(O)CC2)n1. The number of aliphatic hydroxyl groups is 1. The molecule has 2 fully saturated rings. The molecule has 0 amide bonds. The first-order chi connectivity index (χ1) is 9.72. The van der Waals surface area contributed by atoms with Crippen molar-refractivity contribution in [1.82, 2.24) is 15.0 Å². The van der Waals surface area contributed by atoms with Crippen molar-refractivity contribution in [2.24, 2.45) is 0 Å². The quantitative estimate of drug-likeness (QED) is 0.809. The van der Waals surface area contributed by atoms with Crippen LogP contribution < -0.4 is 15.5 Å². The van der Waals surface area contributed by atoms with E-state index in [0.717, 1.165) is 39.0 Å².